The molecule has 0 aliphatic carbocycles. The third kappa shape index (κ3) is 3.88. The molecule has 1 heterocycles. The molecule has 1 saturated heterocycles. The van der Waals surface area contributed by atoms with Gasteiger partial charge in [0, 0.05) is 5.69 Å². The van der Waals surface area contributed by atoms with Crippen LogP contribution >= 0.6 is 0 Å². The molecular weight excluding hydrogens is 288 g/mol. The summed E-state index contributed by atoms with van der Waals surface area (Å²) in [4.78, 5) is 12.3. The maximum atomic E-state index is 12.3. The van der Waals surface area contributed by atoms with Gasteiger partial charge in [-0.15, -0.1) is 0 Å². The fraction of sp³-hybridized carbons (Fsp3) is 0.278. The molecule has 0 aromatic heterocycles. The van der Waals surface area contributed by atoms with Gasteiger partial charge in [-0.3, -0.25) is 4.79 Å². The topological polar surface area (TPSA) is 65.2 Å². The van der Waals surface area contributed by atoms with Crippen molar-refractivity contribution in [3.63, 3.8) is 0 Å². The lowest BCUT2D eigenvalue weighted by atomic mass is 10.1. The lowest BCUT2D eigenvalue weighted by Gasteiger charge is -2.32. The van der Waals surface area contributed by atoms with Gasteiger partial charge in [0.25, 0.3) is 0 Å². The minimum atomic E-state index is -0.338. The van der Waals surface area contributed by atoms with Gasteiger partial charge >= 0.3 is 0 Å². The van der Waals surface area contributed by atoms with E-state index >= 15 is 0 Å². The second-order valence-corrected chi connectivity index (χ2v) is 5.94. The van der Waals surface area contributed by atoms with Crippen LogP contribution in [0.3, 0.4) is 0 Å². The lowest BCUT2D eigenvalue weighted by Crippen LogP contribution is -2.68. The van der Waals surface area contributed by atoms with E-state index in [1.807, 2.05) is 44.2 Å². The molecule has 1 amide bonds. The van der Waals surface area contributed by atoms with Gasteiger partial charge < -0.3 is 10.6 Å². The lowest BCUT2D eigenvalue weighted by molar-refractivity contribution is -0.126. The van der Waals surface area contributed by atoms with Crippen LogP contribution in [-0.2, 0) is 11.2 Å². The molecule has 23 heavy (non-hydrogen) atoms. The van der Waals surface area contributed by atoms with Crippen LogP contribution in [0.4, 0.5) is 5.69 Å². The van der Waals surface area contributed by atoms with Crippen molar-refractivity contribution in [2.45, 2.75) is 32.6 Å². The number of benzene rings is 2. The largest absolute Gasteiger partial charge is 0.352 e. The summed E-state index contributed by atoms with van der Waals surface area (Å²) in [5.41, 5.74) is 10.7. The van der Waals surface area contributed by atoms with Crippen LogP contribution in [-0.4, -0.2) is 18.2 Å². The summed E-state index contributed by atoms with van der Waals surface area (Å²) in [6.07, 6.45) is 0.311. The van der Waals surface area contributed by atoms with E-state index in [2.05, 4.69) is 39.7 Å². The summed E-state index contributed by atoms with van der Waals surface area (Å²) in [5, 5.41) is 6.26. The Kier molecular flexibility index (Phi) is 4.60. The molecule has 0 spiro atoms. The van der Waals surface area contributed by atoms with E-state index < -0.39 is 0 Å². The van der Waals surface area contributed by atoms with Crippen LogP contribution in [0.25, 0.3) is 0 Å². The standard InChI is InChI=1S/C18H22N4O/c1-12-8-9-13(2)15(10-12)19-18-20-17(23)16(21-22-18)11-14-6-4-3-5-7-14/h3-10,16,18-19,21-22H,11H2,1-2H3,(H,20,23). The van der Waals surface area contributed by atoms with E-state index in [0.717, 1.165) is 16.8 Å². The number of rotatable bonds is 4. The first kappa shape index (κ1) is 15.5. The molecule has 5 heteroatoms. The number of amides is 1. The predicted octanol–water partition coefficient (Wildman–Crippen LogP) is 1.83. The van der Waals surface area contributed by atoms with E-state index in [1.165, 1.54) is 5.56 Å². The number of aryl methyl sites for hydroxylation is 2. The summed E-state index contributed by atoms with van der Waals surface area (Å²) in [6.45, 7) is 4.09. The maximum absolute atomic E-state index is 12.3. The molecule has 3 rings (SSSR count). The fourth-order valence-electron chi connectivity index (χ4n) is 2.64. The summed E-state index contributed by atoms with van der Waals surface area (Å²) in [6, 6.07) is 15.9. The van der Waals surface area contributed by atoms with Crippen molar-refractivity contribution in [2.24, 2.45) is 0 Å². The van der Waals surface area contributed by atoms with Crippen molar-refractivity contribution in [1.82, 2.24) is 16.2 Å². The molecule has 1 aliphatic heterocycles. The van der Waals surface area contributed by atoms with E-state index in [-0.39, 0.29) is 18.2 Å². The van der Waals surface area contributed by atoms with Gasteiger partial charge in [0.1, 0.15) is 6.04 Å². The molecule has 5 nitrogen and oxygen atoms in total. The normalized spacial score (nSPS) is 20.9. The minimum absolute atomic E-state index is 0.0181. The van der Waals surface area contributed by atoms with E-state index in [1.54, 1.807) is 0 Å². The van der Waals surface area contributed by atoms with Crippen molar-refractivity contribution < 1.29 is 4.79 Å². The summed E-state index contributed by atoms with van der Waals surface area (Å²) >= 11 is 0. The minimum Gasteiger partial charge on any atom is -0.352 e. The molecule has 0 saturated carbocycles. The average Bonchev–Trinajstić information content (AvgIpc) is 2.54. The number of anilines is 1. The first-order valence-electron chi connectivity index (χ1n) is 7.81. The summed E-state index contributed by atoms with van der Waals surface area (Å²) in [7, 11) is 0. The molecule has 2 atom stereocenters. The van der Waals surface area contributed by atoms with E-state index in [9.17, 15) is 4.79 Å². The molecule has 1 fully saturated rings. The van der Waals surface area contributed by atoms with Crippen LogP contribution in [0.2, 0.25) is 0 Å². The van der Waals surface area contributed by atoms with Gasteiger partial charge in [0.05, 0.1) is 0 Å². The second kappa shape index (κ2) is 6.81. The van der Waals surface area contributed by atoms with Crippen molar-refractivity contribution in [2.75, 3.05) is 5.32 Å². The van der Waals surface area contributed by atoms with Crippen molar-refractivity contribution in [1.29, 1.82) is 0 Å². The quantitative estimate of drug-likeness (QED) is 0.696. The highest BCUT2D eigenvalue weighted by molar-refractivity contribution is 5.83. The van der Waals surface area contributed by atoms with Crippen LogP contribution in [0.1, 0.15) is 16.7 Å². The third-order valence-corrected chi connectivity index (χ3v) is 3.98. The Morgan fingerprint density at radius 2 is 1.83 bits per heavy atom. The van der Waals surface area contributed by atoms with E-state index in [4.69, 9.17) is 0 Å². The van der Waals surface area contributed by atoms with Crippen LogP contribution < -0.4 is 21.5 Å². The van der Waals surface area contributed by atoms with Crippen molar-refractivity contribution in [3.8, 4) is 0 Å². The predicted molar refractivity (Wildman–Crippen MR) is 91.7 cm³/mol. The monoisotopic (exact) mass is 310 g/mol. The smallest absolute Gasteiger partial charge is 0.241 e. The molecule has 0 bridgehead atoms. The first-order valence-corrected chi connectivity index (χ1v) is 7.81. The summed E-state index contributed by atoms with van der Waals surface area (Å²) in [5.74, 6) is -0.0181. The fourth-order valence-corrected chi connectivity index (χ4v) is 2.64. The Labute approximate surface area is 136 Å². The molecule has 4 N–H and O–H groups in total. The van der Waals surface area contributed by atoms with E-state index in [0.29, 0.717) is 6.42 Å². The van der Waals surface area contributed by atoms with Gasteiger partial charge in [-0.25, -0.2) is 10.9 Å². The van der Waals surface area contributed by atoms with Gasteiger partial charge in [0.15, 0.2) is 6.29 Å². The molecule has 120 valence electrons. The Bertz CT molecular complexity index is 687. The number of hydrogen-bond acceptors (Lipinski definition) is 4. The Hall–Kier alpha value is -2.37. The van der Waals surface area contributed by atoms with Crippen LogP contribution in [0.5, 0.6) is 0 Å². The number of nitrogens with one attached hydrogen (secondary N) is 4. The molecule has 1 aliphatic rings. The number of hydrogen-bond donors (Lipinski definition) is 4. The highest BCUT2D eigenvalue weighted by Crippen LogP contribution is 2.17. The molecular formula is C18H22N4O. The van der Waals surface area contributed by atoms with Gasteiger partial charge in [-0.1, -0.05) is 42.5 Å². The first-order chi connectivity index (χ1) is 11.1. The van der Waals surface area contributed by atoms with Gasteiger partial charge in [-0.05, 0) is 43.0 Å². The Morgan fingerprint density at radius 1 is 1.04 bits per heavy atom. The van der Waals surface area contributed by atoms with Gasteiger partial charge in [-0.2, -0.15) is 0 Å². The van der Waals surface area contributed by atoms with Crippen LogP contribution in [0.15, 0.2) is 48.5 Å². The number of hydrazine groups is 1. The maximum Gasteiger partial charge on any atom is 0.241 e. The highest BCUT2D eigenvalue weighted by atomic mass is 16.2. The van der Waals surface area contributed by atoms with Gasteiger partial charge in [0.2, 0.25) is 5.91 Å². The zero-order valence-electron chi connectivity index (χ0n) is 13.4. The number of carbonyl (C=O) groups excluding carboxylic acids is 1. The van der Waals surface area contributed by atoms with Crippen molar-refractivity contribution >= 4 is 11.6 Å². The Balaban J connectivity index is 1.60. The average molecular weight is 310 g/mol. The summed E-state index contributed by atoms with van der Waals surface area (Å²) < 4.78 is 0. The second-order valence-electron chi connectivity index (χ2n) is 5.94. The molecule has 0 radical (unpaired) electrons. The third-order valence-electron chi connectivity index (χ3n) is 3.98. The highest BCUT2D eigenvalue weighted by Gasteiger charge is 2.27. The van der Waals surface area contributed by atoms with Crippen LogP contribution in [0, 0.1) is 13.8 Å². The molecule has 2 unspecified atom stereocenters. The zero-order valence-corrected chi connectivity index (χ0v) is 13.4. The zero-order chi connectivity index (χ0) is 16.2. The SMILES string of the molecule is Cc1ccc(C)c(NC2NNC(Cc3ccccc3)C(=O)N2)c1. The number of carbonyl (C=O) groups is 1. The molecule has 2 aromatic rings. The van der Waals surface area contributed by atoms with Crippen molar-refractivity contribution in [3.05, 3.63) is 65.2 Å². The molecule has 2 aromatic carbocycles. The Morgan fingerprint density at radius 3 is 2.57 bits per heavy atom.